The minimum absolute atomic E-state index is 0.106. The first kappa shape index (κ1) is 18.0. The second kappa shape index (κ2) is 8.57. The number of aromatic nitrogens is 1. The zero-order valence-corrected chi connectivity index (χ0v) is 15.7. The van der Waals surface area contributed by atoms with E-state index in [0.29, 0.717) is 0 Å². The van der Waals surface area contributed by atoms with Crippen LogP contribution in [0.3, 0.4) is 0 Å². The Kier molecular flexibility index (Phi) is 5.52. The van der Waals surface area contributed by atoms with Gasteiger partial charge in [-0.25, -0.2) is 9.78 Å². The number of nitrogens with one attached hydrogen (secondary N) is 2. The van der Waals surface area contributed by atoms with Crippen LogP contribution in [0.2, 0.25) is 0 Å². The Morgan fingerprint density at radius 3 is 2.18 bits per heavy atom. The summed E-state index contributed by atoms with van der Waals surface area (Å²) in [6.07, 6.45) is 2.71. The molecule has 142 valence electrons. The third kappa shape index (κ3) is 4.31. The quantitative estimate of drug-likeness (QED) is 0.717. The van der Waals surface area contributed by atoms with Crippen molar-refractivity contribution < 1.29 is 4.79 Å². The van der Waals surface area contributed by atoms with E-state index in [9.17, 15) is 4.79 Å². The average molecular weight is 372 g/mol. The lowest BCUT2D eigenvalue weighted by atomic mass is 9.99. The molecule has 2 amide bonds. The standard InChI is InChI=1S/C23H24N4O/c28-23(25-20-14-16-27(17-20)21-13-7-8-15-24-21)26-22(18-9-3-1-4-10-18)19-11-5-2-6-12-19/h1-13,15,20,22H,14,16-17H2,(H2,25,26,28)/t20-/m0/s1. The van der Waals surface area contributed by atoms with Gasteiger partial charge in [-0.2, -0.15) is 0 Å². The minimum Gasteiger partial charge on any atom is -0.354 e. The number of benzene rings is 2. The Balaban J connectivity index is 1.41. The molecular formula is C23H24N4O. The van der Waals surface area contributed by atoms with Gasteiger partial charge in [0.05, 0.1) is 6.04 Å². The van der Waals surface area contributed by atoms with Gasteiger partial charge in [0.15, 0.2) is 0 Å². The van der Waals surface area contributed by atoms with Crippen molar-refractivity contribution in [2.75, 3.05) is 18.0 Å². The van der Waals surface area contributed by atoms with Crippen molar-refractivity contribution in [2.24, 2.45) is 0 Å². The second-order valence-electron chi connectivity index (χ2n) is 6.99. The minimum atomic E-state index is -0.185. The number of hydrogen-bond acceptors (Lipinski definition) is 3. The van der Waals surface area contributed by atoms with E-state index in [1.54, 1.807) is 6.20 Å². The first-order chi connectivity index (χ1) is 13.8. The summed E-state index contributed by atoms with van der Waals surface area (Å²) in [4.78, 5) is 19.3. The first-order valence-electron chi connectivity index (χ1n) is 9.62. The van der Waals surface area contributed by atoms with Crippen molar-refractivity contribution in [1.29, 1.82) is 0 Å². The van der Waals surface area contributed by atoms with Crippen LogP contribution < -0.4 is 15.5 Å². The highest BCUT2D eigenvalue weighted by Crippen LogP contribution is 2.22. The van der Waals surface area contributed by atoms with Crippen molar-refractivity contribution in [2.45, 2.75) is 18.5 Å². The molecule has 1 atom stereocenters. The number of carbonyl (C=O) groups is 1. The van der Waals surface area contributed by atoms with E-state index in [2.05, 4.69) is 20.5 Å². The van der Waals surface area contributed by atoms with Gasteiger partial charge in [0.1, 0.15) is 5.82 Å². The van der Waals surface area contributed by atoms with Crippen molar-refractivity contribution in [1.82, 2.24) is 15.6 Å². The van der Waals surface area contributed by atoms with E-state index in [1.807, 2.05) is 78.9 Å². The van der Waals surface area contributed by atoms with E-state index >= 15 is 0 Å². The lowest BCUT2D eigenvalue weighted by molar-refractivity contribution is 0.235. The Bertz CT molecular complexity index is 847. The van der Waals surface area contributed by atoms with Crippen molar-refractivity contribution in [3.63, 3.8) is 0 Å². The highest BCUT2D eigenvalue weighted by atomic mass is 16.2. The molecule has 1 aromatic heterocycles. The average Bonchev–Trinajstić information content (AvgIpc) is 3.22. The first-order valence-corrected chi connectivity index (χ1v) is 9.62. The van der Waals surface area contributed by atoms with Gasteiger partial charge in [0.2, 0.25) is 0 Å². The largest absolute Gasteiger partial charge is 0.354 e. The van der Waals surface area contributed by atoms with E-state index < -0.39 is 0 Å². The maximum atomic E-state index is 12.7. The molecule has 2 N–H and O–H groups in total. The smallest absolute Gasteiger partial charge is 0.315 e. The summed E-state index contributed by atoms with van der Waals surface area (Å²) in [5.41, 5.74) is 2.12. The summed E-state index contributed by atoms with van der Waals surface area (Å²) in [5.74, 6) is 0.957. The lowest BCUT2D eigenvalue weighted by Crippen LogP contribution is -2.44. The van der Waals surface area contributed by atoms with Crippen molar-refractivity contribution >= 4 is 11.8 Å². The number of anilines is 1. The van der Waals surface area contributed by atoms with Crippen LogP contribution in [0.5, 0.6) is 0 Å². The van der Waals surface area contributed by atoms with Gasteiger partial charge in [-0.05, 0) is 29.7 Å². The number of amides is 2. The van der Waals surface area contributed by atoms with E-state index in [-0.39, 0.29) is 18.1 Å². The summed E-state index contributed by atoms with van der Waals surface area (Å²) in [6, 6.07) is 25.8. The lowest BCUT2D eigenvalue weighted by Gasteiger charge is -2.22. The number of hydrogen-bond donors (Lipinski definition) is 2. The predicted molar refractivity (Wildman–Crippen MR) is 111 cm³/mol. The maximum absolute atomic E-state index is 12.7. The molecule has 0 radical (unpaired) electrons. The molecule has 1 aliphatic rings. The van der Waals surface area contributed by atoms with Crippen LogP contribution in [0.4, 0.5) is 10.6 Å². The fourth-order valence-electron chi connectivity index (χ4n) is 3.64. The number of urea groups is 1. The topological polar surface area (TPSA) is 57.3 Å². The van der Waals surface area contributed by atoms with Crippen LogP contribution in [-0.2, 0) is 0 Å². The number of rotatable bonds is 5. The van der Waals surface area contributed by atoms with Crippen LogP contribution >= 0.6 is 0 Å². The van der Waals surface area contributed by atoms with Gasteiger partial charge in [-0.15, -0.1) is 0 Å². The van der Waals surface area contributed by atoms with Gasteiger partial charge < -0.3 is 15.5 Å². The Hall–Kier alpha value is -3.34. The summed E-state index contributed by atoms with van der Waals surface area (Å²) in [5, 5.41) is 6.28. The van der Waals surface area contributed by atoms with E-state index in [1.165, 1.54) is 0 Å². The molecule has 4 rings (SSSR count). The molecule has 5 heteroatoms. The zero-order chi connectivity index (χ0) is 19.2. The Morgan fingerprint density at radius 2 is 1.57 bits per heavy atom. The maximum Gasteiger partial charge on any atom is 0.315 e. The van der Waals surface area contributed by atoms with Gasteiger partial charge >= 0.3 is 6.03 Å². The molecule has 0 aliphatic carbocycles. The molecule has 0 spiro atoms. The van der Waals surface area contributed by atoms with Crippen molar-refractivity contribution in [3.05, 3.63) is 96.2 Å². The fourth-order valence-corrected chi connectivity index (χ4v) is 3.64. The predicted octanol–water partition coefficient (Wildman–Crippen LogP) is 3.75. The van der Waals surface area contributed by atoms with Gasteiger partial charge in [0.25, 0.3) is 0 Å². The Morgan fingerprint density at radius 1 is 0.929 bits per heavy atom. The molecule has 3 aromatic rings. The van der Waals surface area contributed by atoms with Crippen LogP contribution in [0.1, 0.15) is 23.6 Å². The normalized spacial score (nSPS) is 16.2. The molecule has 2 heterocycles. The summed E-state index contributed by atoms with van der Waals surface area (Å²) in [6.45, 7) is 1.66. The molecule has 5 nitrogen and oxygen atoms in total. The highest BCUT2D eigenvalue weighted by Gasteiger charge is 2.25. The number of nitrogens with zero attached hydrogens (tertiary/aromatic N) is 2. The summed E-state index contributed by atoms with van der Waals surface area (Å²) < 4.78 is 0. The van der Waals surface area contributed by atoms with E-state index in [0.717, 1.165) is 36.5 Å². The molecule has 0 unspecified atom stereocenters. The molecule has 0 bridgehead atoms. The van der Waals surface area contributed by atoms with Gasteiger partial charge in [-0.3, -0.25) is 0 Å². The molecule has 1 aliphatic heterocycles. The number of carbonyl (C=O) groups excluding carboxylic acids is 1. The third-order valence-corrected chi connectivity index (χ3v) is 5.04. The molecular weight excluding hydrogens is 348 g/mol. The van der Waals surface area contributed by atoms with Crippen LogP contribution in [-0.4, -0.2) is 30.1 Å². The van der Waals surface area contributed by atoms with Gasteiger partial charge in [0, 0.05) is 25.3 Å². The molecule has 1 fully saturated rings. The third-order valence-electron chi connectivity index (χ3n) is 5.04. The SMILES string of the molecule is O=C(NC(c1ccccc1)c1ccccc1)N[C@H]1CCN(c2ccccn2)C1. The fraction of sp³-hybridized carbons (Fsp3) is 0.217. The number of pyridine rings is 1. The second-order valence-corrected chi connectivity index (χ2v) is 6.99. The van der Waals surface area contributed by atoms with Gasteiger partial charge in [-0.1, -0.05) is 66.7 Å². The molecule has 0 saturated carbocycles. The molecule has 2 aromatic carbocycles. The van der Waals surface area contributed by atoms with Crippen LogP contribution in [0.15, 0.2) is 85.1 Å². The van der Waals surface area contributed by atoms with E-state index in [4.69, 9.17) is 0 Å². The monoisotopic (exact) mass is 372 g/mol. The summed E-state index contributed by atoms with van der Waals surface area (Å²) in [7, 11) is 0. The zero-order valence-electron chi connectivity index (χ0n) is 15.7. The van der Waals surface area contributed by atoms with Crippen LogP contribution in [0, 0.1) is 0 Å². The van der Waals surface area contributed by atoms with Crippen molar-refractivity contribution in [3.8, 4) is 0 Å². The van der Waals surface area contributed by atoms with Crippen LogP contribution in [0.25, 0.3) is 0 Å². The molecule has 28 heavy (non-hydrogen) atoms. The summed E-state index contributed by atoms with van der Waals surface area (Å²) >= 11 is 0. The Labute approximate surface area is 165 Å². The highest BCUT2D eigenvalue weighted by molar-refractivity contribution is 5.75. The molecule has 1 saturated heterocycles.